The average Bonchev–Trinajstić information content (AvgIpc) is 2.77. The molecule has 0 amide bonds. The number of nitrogen functional groups attached to an aromatic ring is 1. The molecule has 1 aromatic carbocycles. The number of nitrogens with zero attached hydrogens (tertiary/aromatic N) is 3. The normalized spacial score (nSPS) is 10.8. The summed E-state index contributed by atoms with van der Waals surface area (Å²) in [5.74, 6) is 0.813. The molecule has 2 heterocycles. The summed E-state index contributed by atoms with van der Waals surface area (Å²) in [7, 11) is 0. The van der Waals surface area contributed by atoms with Crippen molar-refractivity contribution in [3.8, 4) is 11.4 Å². The summed E-state index contributed by atoms with van der Waals surface area (Å²) in [5.41, 5.74) is 8.45. The zero-order valence-electron chi connectivity index (χ0n) is 8.54. The molecule has 4 heteroatoms. The molecule has 3 aromatic rings. The number of hydrogen-bond acceptors (Lipinski definition) is 3. The van der Waals surface area contributed by atoms with Crippen LogP contribution in [0.5, 0.6) is 0 Å². The quantitative estimate of drug-likeness (QED) is 0.625. The highest BCUT2D eigenvalue weighted by Gasteiger charge is 2.07. The minimum absolute atomic E-state index is 0.719. The smallest absolute Gasteiger partial charge is 0.149 e. The number of anilines is 1. The second kappa shape index (κ2) is 3.34. The lowest BCUT2D eigenvalue weighted by Crippen LogP contribution is -1.99. The number of hydrogen-bond donors (Lipinski definition) is 1. The first-order valence-electron chi connectivity index (χ1n) is 4.99. The fourth-order valence-corrected chi connectivity index (χ4v) is 1.76. The Kier molecular flexibility index (Phi) is 1.86. The molecule has 0 bridgehead atoms. The molecule has 0 fully saturated rings. The van der Waals surface area contributed by atoms with Gasteiger partial charge in [-0.15, -0.1) is 0 Å². The number of fused-ring (bicyclic) bond motifs is 1. The van der Waals surface area contributed by atoms with Crippen molar-refractivity contribution in [3.63, 3.8) is 0 Å². The van der Waals surface area contributed by atoms with Gasteiger partial charge in [-0.3, -0.25) is 4.40 Å². The molecule has 0 unspecified atom stereocenters. The van der Waals surface area contributed by atoms with Gasteiger partial charge in [0, 0.05) is 17.4 Å². The Balaban J connectivity index is 2.34. The number of nitrogens with two attached hydrogens (primary N) is 1. The van der Waals surface area contributed by atoms with Crippen LogP contribution in [0.1, 0.15) is 0 Å². The molecule has 0 aliphatic rings. The second-order valence-corrected chi connectivity index (χ2v) is 3.52. The highest BCUT2D eigenvalue weighted by atomic mass is 15.1. The first-order chi connectivity index (χ1) is 7.86. The summed E-state index contributed by atoms with van der Waals surface area (Å²) in [5, 5.41) is 0. The molecule has 4 nitrogen and oxygen atoms in total. The predicted octanol–water partition coefficient (Wildman–Crippen LogP) is 1.98. The van der Waals surface area contributed by atoms with Gasteiger partial charge < -0.3 is 5.73 Å². The van der Waals surface area contributed by atoms with Crippen molar-refractivity contribution in [2.45, 2.75) is 0 Å². The molecular formula is C12H10N4. The van der Waals surface area contributed by atoms with Gasteiger partial charge >= 0.3 is 0 Å². The van der Waals surface area contributed by atoms with Crippen LogP contribution in [0.4, 0.5) is 5.69 Å². The number of para-hydroxylation sites is 1. The van der Waals surface area contributed by atoms with Gasteiger partial charge in [-0.2, -0.15) is 0 Å². The summed E-state index contributed by atoms with van der Waals surface area (Å²) in [6.07, 6.45) is 3.48. The summed E-state index contributed by atoms with van der Waals surface area (Å²) in [6, 6.07) is 11.6. The Labute approximate surface area is 92.4 Å². The maximum absolute atomic E-state index is 5.94. The van der Waals surface area contributed by atoms with Crippen LogP contribution in [0.2, 0.25) is 0 Å². The molecule has 0 spiro atoms. The summed E-state index contributed by atoms with van der Waals surface area (Å²) >= 11 is 0. The predicted molar refractivity (Wildman–Crippen MR) is 62.8 cm³/mol. The zero-order chi connectivity index (χ0) is 11.0. The molecule has 2 aromatic heterocycles. The lowest BCUT2D eigenvalue weighted by atomic mass is 10.1. The Bertz CT molecular complexity index is 642. The van der Waals surface area contributed by atoms with E-state index in [0.29, 0.717) is 0 Å². The van der Waals surface area contributed by atoms with Crippen molar-refractivity contribution < 1.29 is 0 Å². The van der Waals surface area contributed by atoms with Gasteiger partial charge in [-0.25, -0.2) is 9.97 Å². The fraction of sp³-hybridized carbons (Fsp3) is 0. The molecule has 0 aliphatic heterocycles. The summed E-state index contributed by atoms with van der Waals surface area (Å²) < 4.78 is 1.92. The van der Waals surface area contributed by atoms with Crippen LogP contribution in [0.15, 0.2) is 48.9 Å². The van der Waals surface area contributed by atoms with Crippen molar-refractivity contribution in [1.82, 2.24) is 14.4 Å². The van der Waals surface area contributed by atoms with E-state index in [0.717, 1.165) is 22.7 Å². The number of rotatable bonds is 1. The molecule has 0 aliphatic carbocycles. The lowest BCUT2D eigenvalue weighted by molar-refractivity contribution is 1.04. The molecule has 3 rings (SSSR count). The van der Waals surface area contributed by atoms with Crippen LogP contribution >= 0.6 is 0 Å². The van der Waals surface area contributed by atoms with Crippen LogP contribution in [-0.2, 0) is 0 Å². The molecule has 16 heavy (non-hydrogen) atoms. The first-order valence-corrected chi connectivity index (χ1v) is 4.99. The fourth-order valence-electron chi connectivity index (χ4n) is 1.76. The van der Waals surface area contributed by atoms with E-state index < -0.39 is 0 Å². The van der Waals surface area contributed by atoms with Gasteiger partial charge in [-0.1, -0.05) is 12.1 Å². The molecule has 0 atom stereocenters. The maximum atomic E-state index is 5.94. The van der Waals surface area contributed by atoms with E-state index in [1.165, 1.54) is 0 Å². The first kappa shape index (κ1) is 8.91. The minimum atomic E-state index is 0.719. The van der Waals surface area contributed by atoms with Crippen LogP contribution in [-0.4, -0.2) is 14.4 Å². The molecule has 2 N–H and O–H groups in total. The van der Waals surface area contributed by atoms with E-state index in [1.807, 2.05) is 47.0 Å². The Morgan fingerprint density at radius 2 is 1.88 bits per heavy atom. The second-order valence-electron chi connectivity index (χ2n) is 3.52. The highest BCUT2D eigenvalue weighted by molar-refractivity contribution is 5.72. The van der Waals surface area contributed by atoms with Crippen LogP contribution in [0.3, 0.4) is 0 Å². The van der Waals surface area contributed by atoms with Gasteiger partial charge in [-0.05, 0) is 24.3 Å². The lowest BCUT2D eigenvalue weighted by Gasteiger charge is -2.06. The monoisotopic (exact) mass is 210 g/mol. The molecule has 0 saturated heterocycles. The van der Waals surface area contributed by atoms with Crippen molar-refractivity contribution in [2.75, 3.05) is 5.73 Å². The zero-order valence-corrected chi connectivity index (χ0v) is 8.54. The van der Waals surface area contributed by atoms with Gasteiger partial charge in [0.25, 0.3) is 0 Å². The topological polar surface area (TPSA) is 56.2 Å². The van der Waals surface area contributed by atoms with Crippen molar-refractivity contribution in [3.05, 3.63) is 48.9 Å². The third-order valence-electron chi connectivity index (χ3n) is 2.53. The molecular weight excluding hydrogens is 200 g/mol. The Hall–Kier alpha value is -2.36. The number of aromatic nitrogens is 3. The molecule has 0 saturated carbocycles. The minimum Gasteiger partial charge on any atom is -0.398 e. The van der Waals surface area contributed by atoms with Crippen LogP contribution < -0.4 is 5.73 Å². The standard InChI is InChI=1S/C12H10N4/c13-10-5-2-1-4-9(10)12-15-8-14-11-6-3-7-16(11)12/h1-8H,13H2. The van der Waals surface area contributed by atoms with E-state index in [4.69, 9.17) is 5.73 Å². The van der Waals surface area contributed by atoms with E-state index in [1.54, 1.807) is 6.33 Å². The third-order valence-corrected chi connectivity index (χ3v) is 2.53. The van der Waals surface area contributed by atoms with Gasteiger partial charge in [0.05, 0.1) is 0 Å². The van der Waals surface area contributed by atoms with Crippen LogP contribution in [0.25, 0.3) is 17.0 Å². The Morgan fingerprint density at radius 3 is 2.75 bits per heavy atom. The highest BCUT2D eigenvalue weighted by Crippen LogP contribution is 2.23. The van der Waals surface area contributed by atoms with E-state index in [9.17, 15) is 0 Å². The average molecular weight is 210 g/mol. The largest absolute Gasteiger partial charge is 0.398 e. The maximum Gasteiger partial charge on any atom is 0.149 e. The number of benzene rings is 1. The summed E-state index contributed by atoms with van der Waals surface area (Å²) in [6.45, 7) is 0. The SMILES string of the molecule is Nc1ccccc1-c1ncnc2cccn12. The van der Waals surface area contributed by atoms with Gasteiger partial charge in [0.2, 0.25) is 0 Å². The molecule has 78 valence electrons. The van der Waals surface area contributed by atoms with E-state index in [2.05, 4.69) is 9.97 Å². The van der Waals surface area contributed by atoms with Crippen LogP contribution in [0, 0.1) is 0 Å². The van der Waals surface area contributed by atoms with E-state index in [-0.39, 0.29) is 0 Å². The van der Waals surface area contributed by atoms with E-state index >= 15 is 0 Å². The van der Waals surface area contributed by atoms with Crippen molar-refractivity contribution in [1.29, 1.82) is 0 Å². The molecule has 0 radical (unpaired) electrons. The van der Waals surface area contributed by atoms with Gasteiger partial charge in [0.1, 0.15) is 17.8 Å². The Morgan fingerprint density at radius 1 is 1.00 bits per heavy atom. The van der Waals surface area contributed by atoms with Gasteiger partial charge in [0.15, 0.2) is 0 Å². The van der Waals surface area contributed by atoms with Crippen molar-refractivity contribution >= 4 is 11.3 Å². The van der Waals surface area contributed by atoms with Crippen molar-refractivity contribution in [2.24, 2.45) is 0 Å². The summed E-state index contributed by atoms with van der Waals surface area (Å²) in [4.78, 5) is 8.45. The third kappa shape index (κ3) is 1.24.